The molecule has 68 heavy (non-hydrogen) atoms. The van der Waals surface area contributed by atoms with Gasteiger partial charge in [0.2, 0.25) is 0 Å². The fourth-order valence-electron chi connectivity index (χ4n) is 5.42. The number of aliphatic hydroxyl groups excluding tert-OH is 1. The average molecular weight is 1140 g/mol. The molecule has 3 aromatic carbocycles. The first-order valence-corrected chi connectivity index (χ1v) is 30.2. The van der Waals surface area contributed by atoms with Gasteiger partial charge in [-0.15, -0.1) is 23.9 Å². The van der Waals surface area contributed by atoms with E-state index in [2.05, 4.69) is 117 Å². The van der Waals surface area contributed by atoms with Crippen LogP contribution in [-0.2, 0) is 23.9 Å². The van der Waals surface area contributed by atoms with Crippen molar-refractivity contribution >= 4 is 45.2 Å². The average Bonchev–Trinajstić information content (AvgIpc) is 3.34. The molecule has 0 unspecified atom stereocenters. The van der Waals surface area contributed by atoms with Gasteiger partial charge in [-0.3, -0.25) is 19.5 Å². The van der Waals surface area contributed by atoms with Crippen molar-refractivity contribution in [1.29, 1.82) is 0 Å². The zero-order chi connectivity index (χ0) is 48.9. The zero-order valence-corrected chi connectivity index (χ0v) is 52.6. The maximum atomic E-state index is 8.64. The molecule has 3 aromatic rings. The van der Waals surface area contributed by atoms with Crippen LogP contribution in [0.25, 0.3) is 0 Å². The Labute approximate surface area is 510 Å². The van der Waals surface area contributed by atoms with Crippen LogP contribution in [0.4, 0.5) is 0 Å². The number of halogens is 1. The van der Waals surface area contributed by atoms with Crippen LogP contribution in [0.15, 0.2) is 72.8 Å². The second kappa shape index (κ2) is 43.9. The number of aliphatic hydroxyl groups is 1. The van der Waals surface area contributed by atoms with Crippen LogP contribution in [-0.4, -0.2) is 168 Å². The van der Waals surface area contributed by atoms with Gasteiger partial charge in [0.1, 0.15) is 53.2 Å². The van der Waals surface area contributed by atoms with Crippen molar-refractivity contribution < 1.29 is 153 Å². The van der Waals surface area contributed by atoms with Crippen LogP contribution in [0.5, 0.6) is 17.2 Å². The monoisotopic (exact) mass is 1140 g/mol. The van der Waals surface area contributed by atoms with Gasteiger partial charge in [0.25, 0.3) is 6.47 Å². The summed E-state index contributed by atoms with van der Waals surface area (Å²) in [6, 6.07) is 23.9. The minimum Gasteiger partial charge on any atom is -1.00 e. The number of nitrogens with zero attached hydrogens (tertiary/aromatic N) is 3. The second-order valence-corrected chi connectivity index (χ2v) is 27.4. The van der Waals surface area contributed by atoms with E-state index in [1.165, 1.54) is 3.57 Å². The Morgan fingerprint density at radius 2 is 0.912 bits per heavy atom. The molecule has 3 aliphatic rings. The van der Waals surface area contributed by atoms with Gasteiger partial charge in [-0.1, -0.05) is 51.1 Å². The molecule has 18 heteroatoms. The van der Waals surface area contributed by atoms with Gasteiger partial charge in [-0.05, 0) is 95.4 Å². The van der Waals surface area contributed by atoms with Crippen LogP contribution in [0.2, 0.25) is 39.3 Å². The Bertz CT molecular complexity index is 1840. The molecule has 6 rings (SSSR count). The van der Waals surface area contributed by atoms with Gasteiger partial charge in [0.05, 0.1) is 39.6 Å². The van der Waals surface area contributed by atoms with Crippen molar-refractivity contribution in [3.05, 3.63) is 87.5 Å². The summed E-state index contributed by atoms with van der Waals surface area (Å²) in [5.41, 5.74) is 8.06. The van der Waals surface area contributed by atoms with Crippen molar-refractivity contribution in [3.8, 4) is 53.0 Å². The van der Waals surface area contributed by atoms with Crippen LogP contribution < -0.4 is 122 Å². The number of rotatable bonds is 13. The van der Waals surface area contributed by atoms with Gasteiger partial charge in [-0.25, -0.2) is 0 Å². The first-order chi connectivity index (χ1) is 31.7. The third-order valence-electron chi connectivity index (χ3n) is 9.08. The van der Waals surface area contributed by atoms with E-state index < -0.39 is 16.1 Å². The molecule has 0 amide bonds. The van der Waals surface area contributed by atoms with Crippen molar-refractivity contribution in [2.75, 3.05) is 125 Å². The number of ether oxygens (including phenoxy) is 6. The Morgan fingerprint density at radius 3 is 1.18 bits per heavy atom. The molecule has 0 aromatic heterocycles. The maximum Gasteiger partial charge on any atom is 1.00 e. The standard InChI is InChI=1S/C17H25NO2Si.C14H17NO2.C12H16INO2.C5H10Si.CH2O3.CH4O.2K.H/c1-21(2,3)15-8-16-4-6-17(7-5-16)20-14-11-18-9-12-19-13-10-18;1-2-13-3-5-14(6-4-13)17-12-9-15-7-10-16-11-8-15;13-11-1-3-12(4-2-11)16-10-7-14-5-8-15-9-6-14;1-5-6(2,3)4;2-1-4-3;1-2;;;/h4-7H,9-14H2,1-3H3;1,3-6H,7-12H2;1-4H,5-10H2;1H,2-4H3;1,3H;2H,1H3;;;/q;;;;;;2*+1;-1/p-1. The minimum absolute atomic E-state index is 0. The molecule has 0 radical (unpaired) electrons. The third kappa shape index (κ3) is 38.9. The van der Waals surface area contributed by atoms with Crippen molar-refractivity contribution in [2.24, 2.45) is 0 Å². The van der Waals surface area contributed by atoms with E-state index in [9.17, 15) is 0 Å². The van der Waals surface area contributed by atoms with Gasteiger partial charge in [0.15, 0.2) is 0 Å². The minimum atomic E-state index is -1.30. The third-order valence-corrected chi connectivity index (χ3v) is 11.5. The summed E-state index contributed by atoms with van der Waals surface area (Å²) >= 11 is 2.29. The maximum absolute atomic E-state index is 8.64. The molecule has 0 saturated carbocycles. The second-order valence-electron chi connectivity index (χ2n) is 16.6. The number of benzene rings is 3. The number of morpholine rings is 3. The predicted octanol–water partition coefficient (Wildman–Crippen LogP) is -0.332. The molecule has 13 nitrogen and oxygen atoms in total. The normalized spacial score (nSPS) is 14.5. The summed E-state index contributed by atoms with van der Waals surface area (Å²) in [5.74, 6) is 8.58. The topological polar surface area (TPSA) is 135 Å². The van der Waals surface area contributed by atoms with Gasteiger partial charge >= 0.3 is 103 Å². The molecule has 0 bridgehead atoms. The summed E-state index contributed by atoms with van der Waals surface area (Å²) in [4.78, 5) is 18.3. The smallest absolute Gasteiger partial charge is 1.00 e. The fraction of sp³-hybridized carbons (Fsp3) is 0.500. The Morgan fingerprint density at radius 1 is 0.618 bits per heavy atom. The molecule has 3 aliphatic heterocycles. The zero-order valence-electron chi connectivity index (χ0n) is 43.2. The summed E-state index contributed by atoms with van der Waals surface area (Å²) in [7, 11) is -1.41. The van der Waals surface area contributed by atoms with Gasteiger partial charge < -0.3 is 45.1 Å². The summed E-state index contributed by atoms with van der Waals surface area (Å²) in [5, 5.41) is 15.4. The Kier molecular flexibility index (Phi) is 44.8. The van der Waals surface area contributed by atoms with E-state index in [0.29, 0.717) is 6.61 Å². The summed E-state index contributed by atoms with van der Waals surface area (Å²) in [6.07, 6.45) is 10.4. The summed E-state index contributed by atoms with van der Waals surface area (Å²) in [6.45, 7) is 29.2. The molecular weight excluding hydrogens is 1060 g/mol. The largest absolute Gasteiger partial charge is 1.00 e. The molecule has 366 valence electrons. The van der Waals surface area contributed by atoms with E-state index >= 15 is 0 Å². The van der Waals surface area contributed by atoms with Crippen LogP contribution in [0.1, 0.15) is 12.6 Å². The number of carbonyl (C=O) groups excluding carboxylic acids is 1. The van der Waals surface area contributed by atoms with E-state index in [1.807, 2.05) is 60.7 Å². The number of hydrogen-bond acceptors (Lipinski definition) is 13. The molecule has 0 atom stereocenters. The molecule has 1 N–H and O–H groups in total. The first-order valence-electron chi connectivity index (χ1n) is 22.1. The van der Waals surface area contributed by atoms with Crippen LogP contribution >= 0.6 is 22.6 Å². The van der Waals surface area contributed by atoms with E-state index in [4.69, 9.17) is 56.4 Å². The first kappa shape index (κ1) is 69.4. The van der Waals surface area contributed by atoms with Gasteiger partial charge in [-0.2, -0.15) is 0 Å². The molecular formula is C50H74IK2N3O10Si2. The number of carbonyl (C=O) groups is 1. The Hall–Kier alpha value is -0.674. The van der Waals surface area contributed by atoms with E-state index in [1.54, 1.807) is 0 Å². The van der Waals surface area contributed by atoms with Crippen LogP contribution in [0.3, 0.4) is 0 Å². The van der Waals surface area contributed by atoms with Gasteiger partial charge in [0, 0.05) is 80.7 Å². The van der Waals surface area contributed by atoms with Crippen molar-refractivity contribution in [2.45, 2.75) is 39.3 Å². The van der Waals surface area contributed by atoms with Crippen molar-refractivity contribution in [3.63, 3.8) is 0 Å². The SMILES string of the molecule is C#C[Si](C)(C)C.C#Cc1ccc(OCCN2CCOCC2)cc1.CO.C[Si](C)(C)C#Cc1ccc(OCCN2CCOCC2)cc1.Ic1ccc(OCCN2CCOCC2)cc1.O=CO[O-].[H-].[K+].[K+]. The summed E-state index contributed by atoms with van der Waals surface area (Å²) < 4.78 is 34.3. The molecule has 3 saturated heterocycles. The number of terminal acetylenes is 2. The van der Waals surface area contributed by atoms with E-state index in [0.717, 1.165) is 147 Å². The van der Waals surface area contributed by atoms with Crippen molar-refractivity contribution in [1.82, 2.24) is 14.7 Å². The number of hydrogen-bond donors (Lipinski definition) is 1. The molecule has 3 fully saturated rings. The molecule has 0 spiro atoms. The predicted molar refractivity (Wildman–Crippen MR) is 277 cm³/mol. The molecule has 0 aliphatic carbocycles. The van der Waals surface area contributed by atoms with E-state index in [-0.39, 0.29) is 111 Å². The Balaban J connectivity index is -0.000000835. The fourth-order valence-corrected chi connectivity index (χ4v) is 6.30. The quantitative estimate of drug-likeness (QED) is 0.0599. The molecule has 3 heterocycles. The van der Waals surface area contributed by atoms with Crippen LogP contribution in [0, 0.1) is 39.3 Å².